The molecule has 2 radical (unpaired) electrons. The van der Waals surface area contributed by atoms with E-state index >= 15 is 0 Å². The highest BCUT2D eigenvalue weighted by Crippen LogP contribution is 2.28. The van der Waals surface area contributed by atoms with E-state index in [0.717, 1.165) is 0 Å². The largest absolute Gasteiger partial charge is 0.533 e. The van der Waals surface area contributed by atoms with Crippen molar-refractivity contribution >= 4 is 20.4 Å². The third-order valence-electron chi connectivity index (χ3n) is 2.89. The van der Waals surface area contributed by atoms with Crippen molar-refractivity contribution in [3.63, 3.8) is 0 Å². The molecular weight excluding hydrogens is 301 g/mol. The van der Waals surface area contributed by atoms with E-state index in [4.69, 9.17) is 17.5 Å². The van der Waals surface area contributed by atoms with Crippen molar-refractivity contribution in [2.24, 2.45) is 5.90 Å². The summed E-state index contributed by atoms with van der Waals surface area (Å²) in [5, 5.41) is 0. The molecule has 0 aliphatic carbocycles. The summed E-state index contributed by atoms with van der Waals surface area (Å²) in [5.74, 6) is 4.91. The summed E-state index contributed by atoms with van der Waals surface area (Å²) in [5.41, 5.74) is 1.34. The van der Waals surface area contributed by atoms with Crippen LogP contribution in [0.1, 0.15) is 17.2 Å². The number of rotatable bonds is 4. The normalized spacial score (nSPS) is 11.2. The number of carbonyl (C=O) groups is 2. The summed E-state index contributed by atoms with van der Waals surface area (Å²) in [7, 11) is 4.81. The number of nitrogens with two attached hydrogens (primary N) is 1. The predicted octanol–water partition coefficient (Wildman–Crippen LogP) is 2.40. The van der Waals surface area contributed by atoms with Gasteiger partial charge in [0.05, 0.1) is 0 Å². The van der Waals surface area contributed by atoms with Crippen molar-refractivity contribution in [1.29, 1.82) is 0 Å². The van der Waals surface area contributed by atoms with Gasteiger partial charge in [-0.2, -0.15) is 5.90 Å². The van der Waals surface area contributed by atoms with E-state index in [1.54, 1.807) is 36.4 Å². The van der Waals surface area contributed by atoms with Crippen LogP contribution in [-0.4, -0.2) is 20.4 Å². The van der Waals surface area contributed by atoms with Gasteiger partial charge in [-0.15, -0.1) is 0 Å². The zero-order valence-corrected chi connectivity index (χ0v) is 11.9. The molecule has 23 heavy (non-hydrogen) atoms. The van der Waals surface area contributed by atoms with Crippen LogP contribution < -0.4 is 10.6 Å². The van der Waals surface area contributed by atoms with Crippen LogP contribution in [0.5, 0.6) is 5.75 Å². The molecule has 0 heterocycles. The summed E-state index contributed by atoms with van der Waals surface area (Å²) in [4.78, 5) is 26.2. The quantitative estimate of drug-likeness (QED) is 0.400. The molecule has 1 unspecified atom stereocenters. The summed E-state index contributed by atoms with van der Waals surface area (Å²) < 4.78 is 14.0. The molecule has 0 fully saturated rings. The average molecular weight is 313 g/mol. The summed E-state index contributed by atoms with van der Waals surface area (Å²) in [6.45, 7) is 0. The van der Waals surface area contributed by atoms with Gasteiger partial charge in [0.15, 0.2) is 6.10 Å². The molecule has 0 bridgehead atoms. The molecule has 116 valence electrons. The molecular formula is C15H12BNO6. The first-order valence-electron chi connectivity index (χ1n) is 6.45. The first-order valence-corrected chi connectivity index (χ1v) is 6.45. The Kier molecular flexibility index (Phi) is 5.59. The fraction of sp³-hybridized carbons (Fsp3) is 0.0667. The first-order chi connectivity index (χ1) is 11.1. The lowest BCUT2D eigenvalue weighted by Crippen LogP contribution is -2.15. The standard InChI is InChI=1S/C15H12BNO6/c16-22-14(18)21-13(10-4-2-1-3-5-10)11-6-8-12(9-7-11)20-15(19)23-17/h1-9,13H,17H2. The van der Waals surface area contributed by atoms with Gasteiger partial charge in [-0.3, -0.25) is 0 Å². The summed E-state index contributed by atoms with van der Waals surface area (Å²) in [6.07, 6.45) is -2.80. The van der Waals surface area contributed by atoms with Gasteiger partial charge < -0.3 is 19.0 Å². The van der Waals surface area contributed by atoms with Crippen molar-refractivity contribution in [2.75, 3.05) is 0 Å². The molecule has 8 heteroatoms. The summed E-state index contributed by atoms with van der Waals surface area (Å²) in [6, 6.07) is 15.2. The van der Waals surface area contributed by atoms with E-state index in [2.05, 4.69) is 15.4 Å². The lowest BCUT2D eigenvalue weighted by molar-refractivity contribution is 0.0760. The molecule has 1 atom stereocenters. The van der Waals surface area contributed by atoms with Crippen LogP contribution in [0, 0.1) is 0 Å². The van der Waals surface area contributed by atoms with Crippen molar-refractivity contribution in [1.82, 2.24) is 0 Å². The Balaban J connectivity index is 2.25. The maximum absolute atomic E-state index is 11.4. The minimum atomic E-state index is -1.04. The Bertz CT molecular complexity index is 661. The van der Waals surface area contributed by atoms with Gasteiger partial charge in [0.2, 0.25) is 0 Å². The Morgan fingerprint density at radius 3 is 2.09 bits per heavy atom. The van der Waals surface area contributed by atoms with Gasteiger partial charge in [0.25, 0.3) is 0 Å². The van der Waals surface area contributed by atoms with E-state index in [-0.39, 0.29) is 5.75 Å². The van der Waals surface area contributed by atoms with Crippen LogP contribution in [-0.2, 0) is 14.2 Å². The number of ether oxygens (including phenoxy) is 2. The van der Waals surface area contributed by atoms with E-state index in [1.807, 2.05) is 6.07 Å². The zero-order valence-electron chi connectivity index (χ0n) is 11.9. The summed E-state index contributed by atoms with van der Waals surface area (Å²) >= 11 is 0. The highest BCUT2D eigenvalue weighted by molar-refractivity contribution is 6.04. The van der Waals surface area contributed by atoms with E-state index in [9.17, 15) is 9.59 Å². The van der Waals surface area contributed by atoms with Crippen LogP contribution in [0.4, 0.5) is 9.59 Å². The van der Waals surface area contributed by atoms with E-state index < -0.39 is 18.4 Å². The van der Waals surface area contributed by atoms with E-state index in [1.165, 1.54) is 12.1 Å². The van der Waals surface area contributed by atoms with Crippen LogP contribution >= 0.6 is 0 Å². The molecule has 0 amide bonds. The van der Waals surface area contributed by atoms with E-state index in [0.29, 0.717) is 11.1 Å². The molecule has 2 aromatic carbocycles. The number of carbonyl (C=O) groups excluding carboxylic acids is 2. The minimum absolute atomic E-state index is 0.220. The van der Waals surface area contributed by atoms with Crippen LogP contribution in [0.15, 0.2) is 54.6 Å². The highest BCUT2D eigenvalue weighted by Gasteiger charge is 2.19. The lowest BCUT2D eigenvalue weighted by atomic mass is 10.0. The Morgan fingerprint density at radius 2 is 1.52 bits per heavy atom. The average Bonchev–Trinajstić information content (AvgIpc) is 2.61. The van der Waals surface area contributed by atoms with Gasteiger partial charge in [0.1, 0.15) is 5.75 Å². The van der Waals surface area contributed by atoms with Gasteiger partial charge in [0, 0.05) is 0 Å². The van der Waals surface area contributed by atoms with Crippen molar-refractivity contribution < 1.29 is 28.6 Å². The van der Waals surface area contributed by atoms with Crippen LogP contribution in [0.2, 0.25) is 0 Å². The molecule has 0 saturated carbocycles. The zero-order chi connectivity index (χ0) is 16.7. The Morgan fingerprint density at radius 1 is 0.913 bits per heavy atom. The lowest BCUT2D eigenvalue weighted by Gasteiger charge is -2.18. The number of benzene rings is 2. The molecule has 0 aliphatic heterocycles. The Hall–Kier alpha value is -3.00. The number of hydrogen-bond donors (Lipinski definition) is 1. The van der Waals surface area contributed by atoms with Crippen molar-refractivity contribution in [3.8, 4) is 5.75 Å². The molecule has 0 saturated heterocycles. The molecule has 0 aliphatic rings. The maximum Gasteiger partial charge on any atom is 0.533 e. The molecule has 2 rings (SSSR count). The van der Waals surface area contributed by atoms with Crippen LogP contribution in [0.3, 0.4) is 0 Å². The maximum atomic E-state index is 11.4. The number of hydrogen-bond acceptors (Lipinski definition) is 7. The van der Waals surface area contributed by atoms with Crippen molar-refractivity contribution in [3.05, 3.63) is 65.7 Å². The minimum Gasteiger partial charge on any atom is -0.513 e. The fourth-order valence-corrected chi connectivity index (χ4v) is 1.91. The second-order valence-corrected chi connectivity index (χ2v) is 4.32. The molecule has 7 nitrogen and oxygen atoms in total. The monoisotopic (exact) mass is 313 g/mol. The van der Waals surface area contributed by atoms with Gasteiger partial charge in [-0.1, -0.05) is 42.5 Å². The van der Waals surface area contributed by atoms with Crippen LogP contribution in [0.25, 0.3) is 0 Å². The highest BCUT2D eigenvalue weighted by atomic mass is 16.8. The van der Waals surface area contributed by atoms with Gasteiger partial charge >= 0.3 is 20.4 Å². The molecule has 2 N–H and O–H groups in total. The second kappa shape index (κ2) is 7.86. The third-order valence-corrected chi connectivity index (χ3v) is 2.89. The molecule has 0 spiro atoms. The smallest absolute Gasteiger partial charge is 0.513 e. The van der Waals surface area contributed by atoms with Gasteiger partial charge in [-0.25, -0.2) is 9.59 Å². The third kappa shape index (κ3) is 4.48. The first kappa shape index (κ1) is 16.4. The predicted molar refractivity (Wildman–Crippen MR) is 79.3 cm³/mol. The molecule has 0 aromatic heterocycles. The topological polar surface area (TPSA) is 97.1 Å². The fourth-order valence-electron chi connectivity index (χ4n) is 1.91. The second-order valence-electron chi connectivity index (χ2n) is 4.32. The van der Waals surface area contributed by atoms with Gasteiger partial charge in [-0.05, 0) is 23.3 Å². The Labute approximate surface area is 133 Å². The molecule has 2 aromatic rings. The SMILES string of the molecule is [B]OC(=O)OC(c1ccccc1)c1ccc(OC(=O)ON)cc1. The van der Waals surface area contributed by atoms with Crippen molar-refractivity contribution in [2.45, 2.75) is 6.10 Å².